The molecule has 2 rings (SSSR count). The number of rotatable bonds is 4. The topological polar surface area (TPSA) is 88.4 Å². The van der Waals surface area contributed by atoms with Gasteiger partial charge in [-0.3, -0.25) is 4.79 Å². The summed E-state index contributed by atoms with van der Waals surface area (Å²) >= 11 is 0. The lowest BCUT2D eigenvalue weighted by Gasteiger charge is -2.21. The lowest BCUT2D eigenvalue weighted by Crippen LogP contribution is -2.47. The van der Waals surface area contributed by atoms with Crippen LogP contribution in [0.4, 0.5) is 0 Å². The van der Waals surface area contributed by atoms with Gasteiger partial charge in [-0.25, -0.2) is 4.79 Å². The summed E-state index contributed by atoms with van der Waals surface area (Å²) in [6.07, 6.45) is 4.13. The lowest BCUT2D eigenvalue weighted by molar-refractivity contribution is -0.157. The van der Waals surface area contributed by atoms with Gasteiger partial charge >= 0.3 is 5.97 Å². The molecule has 1 saturated heterocycles. The summed E-state index contributed by atoms with van der Waals surface area (Å²) in [4.78, 5) is 23.2. The van der Waals surface area contributed by atoms with Crippen molar-refractivity contribution in [3.05, 3.63) is 0 Å². The summed E-state index contributed by atoms with van der Waals surface area (Å²) < 4.78 is 10.1. The van der Waals surface area contributed by atoms with Gasteiger partial charge in [0, 0.05) is 6.61 Å². The number of amides is 1. The van der Waals surface area contributed by atoms with Crippen LogP contribution >= 0.6 is 0 Å². The molecule has 104 valence electrons. The molecular weight excluding hydrogens is 248 g/mol. The normalized spacial score (nSPS) is 24.7. The number of esters is 1. The Balaban J connectivity index is 1.75. The summed E-state index contributed by atoms with van der Waals surface area (Å²) in [7, 11) is 0. The van der Waals surface area contributed by atoms with E-state index in [2.05, 4.69) is 11.4 Å². The van der Waals surface area contributed by atoms with Gasteiger partial charge in [0.05, 0.1) is 6.07 Å². The zero-order chi connectivity index (χ0) is 13.7. The zero-order valence-electron chi connectivity index (χ0n) is 10.8. The Labute approximate surface area is 112 Å². The summed E-state index contributed by atoms with van der Waals surface area (Å²) in [6.45, 7) is 0.214. The molecule has 0 unspecified atom stereocenters. The summed E-state index contributed by atoms with van der Waals surface area (Å²) in [5.74, 6) is -0.917. The van der Waals surface area contributed by atoms with Crippen molar-refractivity contribution in [1.82, 2.24) is 5.32 Å². The van der Waals surface area contributed by atoms with Crippen LogP contribution in [0.15, 0.2) is 0 Å². The van der Waals surface area contributed by atoms with Crippen molar-refractivity contribution in [3.8, 4) is 6.07 Å². The summed E-state index contributed by atoms with van der Waals surface area (Å²) in [5.41, 5.74) is -0.770. The first-order valence-corrected chi connectivity index (χ1v) is 6.66. The van der Waals surface area contributed by atoms with Crippen molar-refractivity contribution in [2.75, 3.05) is 13.2 Å². The Bertz CT molecular complexity index is 390. The molecule has 1 saturated carbocycles. The average molecular weight is 266 g/mol. The molecule has 1 atom stereocenters. The molecule has 0 aromatic carbocycles. The maximum atomic E-state index is 11.7. The largest absolute Gasteiger partial charge is 0.454 e. The van der Waals surface area contributed by atoms with Gasteiger partial charge in [-0.2, -0.15) is 5.26 Å². The van der Waals surface area contributed by atoms with Gasteiger partial charge in [0.2, 0.25) is 0 Å². The fourth-order valence-electron chi connectivity index (χ4n) is 2.54. The van der Waals surface area contributed by atoms with Crippen LogP contribution in [0.5, 0.6) is 0 Å². The molecule has 0 radical (unpaired) electrons. The highest BCUT2D eigenvalue weighted by Gasteiger charge is 2.35. The first-order valence-electron chi connectivity index (χ1n) is 6.66. The molecule has 0 aromatic heterocycles. The van der Waals surface area contributed by atoms with Gasteiger partial charge in [-0.15, -0.1) is 0 Å². The third kappa shape index (κ3) is 3.44. The third-order valence-electron chi connectivity index (χ3n) is 3.59. The highest BCUT2D eigenvalue weighted by molar-refractivity contribution is 5.82. The molecule has 1 heterocycles. The molecule has 19 heavy (non-hydrogen) atoms. The molecule has 1 amide bonds. The highest BCUT2D eigenvalue weighted by atomic mass is 16.6. The SMILES string of the molecule is N#CC1(NC(=O)COC(=O)[C@@H]2CCCO2)CCCC1. The van der Waals surface area contributed by atoms with Gasteiger partial charge in [-0.05, 0) is 38.5 Å². The Morgan fingerprint density at radius 3 is 2.68 bits per heavy atom. The van der Waals surface area contributed by atoms with Crippen LogP contribution in [-0.2, 0) is 19.1 Å². The number of nitrogens with zero attached hydrogens (tertiary/aromatic N) is 1. The number of carbonyl (C=O) groups is 2. The quantitative estimate of drug-likeness (QED) is 0.755. The van der Waals surface area contributed by atoms with E-state index in [-0.39, 0.29) is 6.61 Å². The minimum atomic E-state index is -0.770. The van der Waals surface area contributed by atoms with Crippen LogP contribution < -0.4 is 5.32 Å². The first kappa shape index (κ1) is 13.8. The molecule has 0 bridgehead atoms. The maximum absolute atomic E-state index is 11.7. The second-order valence-corrected chi connectivity index (χ2v) is 5.06. The number of hydrogen-bond acceptors (Lipinski definition) is 5. The molecule has 1 aliphatic heterocycles. The fraction of sp³-hybridized carbons (Fsp3) is 0.769. The number of hydrogen-bond donors (Lipinski definition) is 1. The molecule has 2 fully saturated rings. The van der Waals surface area contributed by atoms with Crippen molar-refractivity contribution >= 4 is 11.9 Å². The van der Waals surface area contributed by atoms with E-state index < -0.39 is 23.5 Å². The van der Waals surface area contributed by atoms with Gasteiger partial charge in [0.15, 0.2) is 12.7 Å². The summed E-state index contributed by atoms with van der Waals surface area (Å²) in [5, 5.41) is 11.8. The van der Waals surface area contributed by atoms with E-state index in [1.54, 1.807) is 0 Å². The van der Waals surface area contributed by atoms with Gasteiger partial charge in [0.25, 0.3) is 5.91 Å². The maximum Gasteiger partial charge on any atom is 0.335 e. The predicted molar refractivity (Wildman–Crippen MR) is 64.9 cm³/mol. The highest BCUT2D eigenvalue weighted by Crippen LogP contribution is 2.28. The summed E-state index contributed by atoms with van der Waals surface area (Å²) in [6, 6.07) is 2.15. The molecule has 6 nitrogen and oxygen atoms in total. The second-order valence-electron chi connectivity index (χ2n) is 5.06. The predicted octanol–water partition coefficient (Wildman–Crippen LogP) is 0.661. The standard InChI is InChI=1S/C13H18N2O4/c14-9-13(5-1-2-6-13)15-11(16)8-19-12(17)10-4-3-7-18-10/h10H,1-8H2,(H,15,16)/t10-/m0/s1. The van der Waals surface area contributed by atoms with Crippen LogP contribution in [0.1, 0.15) is 38.5 Å². The number of nitriles is 1. The van der Waals surface area contributed by atoms with E-state index >= 15 is 0 Å². The second kappa shape index (κ2) is 6.02. The van der Waals surface area contributed by atoms with Crippen molar-refractivity contribution in [2.45, 2.75) is 50.2 Å². The van der Waals surface area contributed by atoms with Crippen LogP contribution in [-0.4, -0.2) is 36.7 Å². The lowest BCUT2D eigenvalue weighted by atomic mass is 10.00. The number of nitrogens with one attached hydrogen (secondary N) is 1. The van der Waals surface area contributed by atoms with Crippen molar-refractivity contribution in [2.24, 2.45) is 0 Å². The van der Waals surface area contributed by atoms with Crippen molar-refractivity contribution < 1.29 is 19.1 Å². The monoisotopic (exact) mass is 266 g/mol. The van der Waals surface area contributed by atoms with Crippen molar-refractivity contribution in [1.29, 1.82) is 5.26 Å². The Hall–Kier alpha value is -1.61. The van der Waals surface area contributed by atoms with Gasteiger partial charge in [-0.1, -0.05) is 0 Å². The molecule has 1 aliphatic carbocycles. The Morgan fingerprint density at radius 1 is 1.37 bits per heavy atom. The molecule has 0 spiro atoms. The van der Waals surface area contributed by atoms with Crippen LogP contribution in [0.2, 0.25) is 0 Å². The molecule has 6 heteroatoms. The molecule has 1 N–H and O–H groups in total. The number of carbonyl (C=O) groups excluding carboxylic acids is 2. The van der Waals surface area contributed by atoms with Crippen LogP contribution in [0, 0.1) is 11.3 Å². The zero-order valence-corrected chi connectivity index (χ0v) is 10.8. The minimum Gasteiger partial charge on any atom is -0.454 e. The average Bonchev–Trinajstić information content (AvgIpc) is 3.07. The van der Waals surface area contributed by atoms with Gasteiger partial charge in [0.1, 0.15) is 5.54 Å². The third-order valence-corrected chi connectivity index (χ3v) is 3.59. The molecule has 0 aromatic rings. The molecular formula is C13H18N2O4. The van der Waals surface area contributed by atoms with Crippen molar-refractivity contribution in [3.63, 3.8) is 0 Å². The van der Waals surface area contributed by atoms with Gasteiger partial charge < -0.3 is 14.8 Å². The van der Waals surface area contributed by atoms with Crippen LogP contribution in [0.25, 0.3) is 0 Å². The fourth-order valence-corrected chi connectivity index (χ4v) is 2.54. The van der Waals surface area contributed by atoms with E-state index in [0.717, 1.165) is 19.3 Å². The Kier molecular flexibility index (Phi) is 4.38. The Morgan fingerprint density at radius 2 is 2.11 bits per heavy atom. The smallest absolute Gasteiger partial charge is 0.335 e. The molecule has 2 aliphatic rings. The first-order chi connectivity index (χ1) is 9.15. The van der Waals surface area contributed by atoms with E-state index in [1.807, 2.05) is 0 Å². The van der Waals surface area contributed by atoms with E-state index in [1.165, 1.54) is 0 Å². The number of ether oxygens (including phenoxy) is 2. The van der Waals surface area contributed by atoms with E-state index in [0.29, 0.717) is 25.9 Å². The van der Waals surface area contributed by atoms with E-state index in [4.69, 9.17) is 14.7 Å². The minimum absolute atomic E-state index is 0.345. The van der Waals surface area contributed by atoms with Crippen LogP contribution in [0.3, 0.4) is 0 Å². The van der Waals surface area contributed by atoms with E-state index in [9.17, 15) is 9.59 Å².